The minimum absolute atomic E-state index is 0.00140. The number of hydrogen-bond acceptors (Lipinski definition) is 3. The van der Waals surface area contributed by atoms with Gasteiger partial charge in [0.15, 0.2) is 0 Å². The van der Waals surface area contributed by atoms with E-state index in [1.807, 2.05) is 42.1 Å². The lowest BCUT2D eigenvalue weighted by atomic mass is 10.2. The van der Waals surface area contributed by atoms with Gasteiger partial charge in [0.2, 0.25) is 5.91 Å². The van der Waals surface area contributed by atoms with Gasteiger partial charge in [-0.25, -0.2) is 4.68 Å². The summed E-state index contributed by atoms with van der Waals surface area (Å²) in [6, 6.07) is 8.13. The number of aromatic nitrogens is 2. The maximum absolute atomic E-state index is 11.9. The monoisotopic (exact) mass is 303 g/mol. The number of anilines is 1. The molecule has 0 aliphatic heterocycles. The number of thioether (sulfide) groups is 1. The van der Waals surface area contributed by atoms with E-state index in [1.165, 1.54) is 17.3 Å². The lowest BCUT2D eigenvalue weighted by Crippen LogP contribution is -2.17. The predicted octanol–water partition coefficient (Wildman–Crippen LogP) is 3.35. The first-order valence-corrected chi connectivity index (χ1v) is 8.40. The van der Waals surface area contributed by atoms with Crippen LogP contribution >= 0.6 is 11.8 Å². The van der Waals surface area contributed by atoms with Crippen molar-refractivity contribution in [3.05, 3.63) is 41.1 Å². The molecule has 0 radical (unpaired) electrons. The molecule has 0 atom stereocenters. The van der Waals surface area contributed by atoms with Crippen molar-refractivity contribution in [3.63, 3.8) is 0 Å². The van der Waals surface area contributed by atoms with Crippen LogP contribution in [-0.4, -0.2) is 27.7 Å². The molecular formula is C16H21N3OS. The van der Waals surface area contributed by atoms with E-state index in [-0.39, 0.29) is 5.91 Å². The Morgan fingerprint density at radius 3 is 2.52 bits per heavy atom. The van der Waals surface area contributed by atoms with Crippen LogP contribution in [0.3, 0.4) is 0 Å². The van der Waals surface area contributed by atoms with Crippen LogP contribution in [0.5, 0.6) is 0 Å². The lowest BCUT2D eigenvalue weighted by molar-refractivity contribution is -0.113. The Bertz CT molecular complexity index is 632. The van der Waals surface area contributed by atoms with E-state index in [0.717, 1.165) is 29.2 Å². The fourth-order valence-corrected chi connectivity index (χ4v) is 2.53. The van der Waals surface area contributed by atoms with E-state index in [0.29, 0.717) is 5.75 Å². The van der Waals surface area contributed by atoms with Crippen LogP contribution in [-0.2, 0) is 11.2 Å². The van der Waals surface area contributed by atoms with Gasteiger partial charge in [0.25, 0.3) is 0 Å². The lowest BCUT2D eigenvalue weighted by Gasteiger charge is -2.10. The van der Waals surface area contributed by atoms with Crippen molar-refractivity contribution in [1.82, 2.24) is 9.78 Å². The van der Waals surface area contributed by atoms with E-state index >= 15 is 0 Å². The number of carbonyl (C=O) groups excluding carboxylic acids is 1. The molecule has 0 bridgehead atoms. The Morgan fingerprint density at radius 2 is 1.95 bits per heavy atom. The van der Waals surface area contributed by atoms with Gasteiger partial charge in [-0.1, -0.05) is 24.6 Å². The Balaban J connectivity index is 2.44. The second-order valence-electron chi connectivity index (χ2n) is 5.00. The molecule has 4 nitrogen and oxygen atoms in total. The highest BCUT2D eigenvalue weighted by molar-refractivity contribution is 7.99. The molecule has 1 amide bonds. The fourth-order valence-electron chi connectivity index (χ4n) is 2.20. The smallest absolute Gasteiger partial charge is 0.235 e. The zero-order valence-electron chi connectivity index (χ0n) is 12.9. The van der Waals surface area contributed by atoms with Crippen molar-refractivity contribution < 1.29 is 4.79 Å². The van der Waals surface area contributed by atoms with Crippen LogP contribution in [0.1, 0.15) is 23.7 Å². The van der Waals surface area contributed by atoms with Gasteiger partial charge < -0.3 is 5.32 Å². The van der Waals surface area contributed by atoms with Gasteiger partial charge in [0.1, 0.15) is 5.82 Å². The number of rotatable bonds is 5. The van der Waals surface area contributed by atoms with Gasteiger partial charge in [-0.15, -0.1) is 0 Å². The summed E-state index contributed by atoms with van der Waals surface area (Å²) >= 11 is 1.51. The van der Waals surface area contributed by atoms with Crippen LogP contribution in [0.25, 0.3) is 5.69 Å². The number of carbonyl (C=O) groups is 1. The van der Waals surface area contributed by atoms with Gasteiger partial charge in [0, 0.05) is 5.56 Å². The first-order valence-electron chi connectivity index (χ1n) is 7.01. The molecule has 0 saturated carbocycles. The van der Waals surface area contributed by atoms with E-state index in [9.17, 15) is 4.79 Å². The number of amides is 1. The molecule has 1 N–H and O–H groups in total. The number of hydrogen-bond donors (Lipinski definition) is 1. The minimum Gasteiger partial charge on any atom is -0.310 e. The van der Waals surface area contributed by atoms with Crippen molar-refractivity contribution in [3.8, 4) is 5.69 Å². The zero-order chi connectivity index (χ0) is 15.4. The summed E-state index contributed by atoms with van der Waals surface area (Å²) in [6.45, 7) is 6.13. The largest absolute Gasteiger partial charge is 0.310 e. The van der Waals surface area contributed by atoms with Crippen molar-refractivity contribution >= 4 is 23.5 Å². The Hall–Kier alpha value is -1.75. The van der Waals surface area contributed by atoms with Crippen LogP contribution in [0.2, 0.25) is 0 Å². The third kappa shape index (κ3) is 3.47. The van der Waals surface area contributed by atoms with Gasteiger partial charge in [-0.05, 0) is 38.7 Å². The second kappa shape index (κ2) is 6.80. The molecule has 112 valence electrons. The average molecular weight is 303 g/mol. The molecule has 2 aromatic rings. The summed E-state index contributed by atoms with van der Waals surface area (Å²) in [4.78, 5) is 11.9. The summed E-state index contributed by atoms with van der Waals surface area (Å²) in [5.41, 5.74) is 4.21. The minimum atomic E-state index is 0.00140. The first kappa shape index (κ1) is 15.6. The summed E-state index contributed by atoms with van der Waals surface area (Å²) in [6.07, 6.45) is 2.76. The van der Waals surface area contributed by atoms with Crippen molar-refractivity contribution in [2.24, 2.45) is 0 Å². The molecule has 0 aliphatic carbocycles. The molecule has 1 heterocycles. The predicted molar refractivity (Wildman–Crippen MR) is 89.4 cm³/mol. The summed E-state index contributed by atoms with van der Waals surface area (Å²) in [5, 5.41) is 7.62. The van der Waals surface area contributed by atoms with Crippen LogP contribution < -0.4 is 5.32 Å². The molecule has 2 rings (SSSR count). The molecule has 0 saturated heterocycles. The number of nitrogens with one attached hydrogen (secondary N) is 1. The molecule has 1 aromatic heterocycles. The highest BCUT2D eigenvalue weighted by Gasteiger charge is 2.16. The van der Waals surface area contributed by atoms with Crippen LogP contribution in [0.4, 0.5) is 5.82 Å². The third-order valence-electron chi connectivity index (χ3n) is 3.37. The van der Waals surface area contributed by atoms with Gasteiger partial charge in [0.05, 0.1) is 17.1 Å². The molecule has 1 aromatic carbocycles. The average Bonchev–Trinajstić information content (AvgIpc) is 2.77. The number of aryl methyl sites for hydroxylation is 2. The van der Waals surface area contributed by atoms with E-state index in [4.69, 9.17) is 0 Å². The third-order valence-corrected chi connectivity index (χ3v) is 3.92. The van der Waals surface area contributed by atoms with Crippen molar-refractivity contribution in [2.75, 3.05) is 17.3 Å². The topological polar surface area (TPSA) is 46.9 Å². The second-order valence-corrected chi connectivity index (χ2v) is 5.87. The zero-order valence-corrected chi connectivity index (χ0v) is 13.8. The van der Waals surface area contributed by atoms with Crippen molar-refractivity contribution in [2.45, 2.75) is 27.2 Å². The van der Waals surface area contributed by atoms with E-state index < -0.39 is 0 Å². The number of benzene rings is 1. The quantitative estimate of drug-likeness (QED) is 0.921. The highest BCUT2D eigenvalue weighted by Crippen LogP contribution is 2.24. The van der Waals surface area contributed by atoms with Gasteiger partial charge >= 0.3 is 0 Å². The SMILES string of the molecule is CCc1nn(-c2ccc(C)cc2)c(NC(=O)CSC)c1C. The van der Waals surface area contributed by atoms with E-state index in [2.05, 4.69) is 24.3 Å². The Labute approximate surface area is 129 Å². The molecular weight excluding hydrogens is 282 g/mol. The molecule has 0 aliphatic rings. The summed E-state index contributed by atoms with van der Waals surface area (Å²) in [7, 11) is 0. The molecule has 0 spiro atoms. The Kier molecular flexibility index (Phi) is 5.07. The van der Waals surface area contributed by atoms with Crippen molar-refractivity contribution in [1.29, 1.82) is 0 Å². The summed E-state index contributed by atoms with van der Waals surface area (Å²) in [5.74, 6) is 1.22. The van der Waals surface area contributed by atoms with Gasteiger partial charge in [-0.2, -0.15) is 16.9 Å². The highest BCUT2D eigenvalue weighted by atomic mass is 32.2. The normalized spacial score (nSPS) is 10.7. The first-order chi connectivity index (χ1) is 10.1. The molecule has 21 heavy (non-hydrogen) atoms. The molecule has 0 fully saturated rings. The van der Waals surface area contributed by atoms with E-state index in [1.54, 1.807) is 0 Å². The maximum atomic E-state index is 11.9. The Morgan fingerprint density at radius 1 is 1.29 bits per heavy atom. The maximum Gasteiger partial charge on any atom is 0.235 e. The summed E-state index contributed by atoms with van der Waals surface area (Å²) < 4.78 is 1.83. The number of nitrogens with zero attached hydrogens (tertiary/aromatic N) is 2. The molecule has 0 unspecified atom stereocenters. The fraction of sp³-hybridized carbons (Fsp3) is 0.375. The van der Waals surface area contributed by atoms with Gasteiger partial charge in [-0.3, -0.25) is 4.79 Å². The van der Waals surface area contributed by atoms with Crippen LogP contribution in [0, 0.1) is 13.8 Å². The molecule has 5 heteroatoms. The standard InChI is InChI=1S/C16H21N3OS/c1-5-14-12(3)16(17-15(20)10-21-4)19(18-14)13-8-6-11(2)7-9-13/h6-9H,5,10H2,1-4H3,(H,17,20). The van der Waals surface area contributed by atoms with Crippen LogP contribution in [0.15, 0.2) is 24.3 Å².